The summed E-state index contributed by atoms with van der Waals surface area (Å²) in [5.74, 6) is 0. The van der Waals surface area contributed by atoms with Crippen LogP contribution in [0.25, 0.3) is 0 Å². The van der Waals surface area contributed by atoms with Crippen LogP contribution >= 0.6 is 0 Å². The molecule has 1 atom stereocenters. The molecule has 0 fully saturated rings. The van der Waals surface area contributed by atoms with Gasteiger partial charge in [0.25, 0.3) is 0 Å². The molecule has 0 bridgehead atoms. The summed E-state index contributed by atoms with van der Waals surface area (Å²) in [5, 5.41) is 0. The summed E-state index contributed by atoms with van der Waals surface area (Å²) in [4.78, 5) is 6.38. The fourth-order valence-electron chi connectivity index (χ4n) is 2.46. The van der Waals surface area contributed by atoms with Crippen LogP contribution in [0.2, 0.25) is 0 Å². The van der Waals surface area contributed by atoms with Crippen molar-refractivity contribution in [3.05, 3.63) is 65.0 Å². The summed E-state index contributed by atoms with van der Waals surface area (Å²) in [6, 6.07) is 10.6. The first kappa shape index (κ1) is 14.7. The summed E-state index contributed by atoms with van der Waals surface area (Å²) in [6.07, 6.45) is 3.70. The van der Waals surface area contributed by atoms with E-state index in [2.05, 4.69) is 55.0 Å². The molecular weight excluding hydrogens is 246 g/mol. The average Bonchev–Trinajstić information content (AvgIpc) is 2.42. The molecule has 1 heterocycles. The summed E-state index contributed by atoms with van der Waals surface area (Å²) in [7, 11) is 2.10. The van der Waals surface area contributed by atoms with Crippen LogP contribution in [-0.4, -0.2) is 23.5 Å². The molecule has 2 rings (SSSR count). The zero-order valence-electron chi connectivity index (χ0n) is 12.5. The van der Waals surface area contributed by atoms with E-state index in [1.807, 2.05) is 12.3 Å². The minimum Gasteiger partial charge on any atom is -0.323 e. The minimum atomic E-state index is 0.0385. The van der Waals surface area contributed by atoms with Crippen molar-refractivity contribution in [2.45, 2.75) is 26.4 Å². The molecule has 1 aromatic carbocycles. The highest BCUT2D eigenvalue weighted by atomic mass is 15.1. The lowest BCUT2D eigenvalue weighted by Crippen LogP contribution is -2.29. The van der Waals surface area contributed by atoms with Crippen LogP contribution in [0.15, 0.2) is 42.7 Å². The fourth-order valence-corrected chi connectivity index (χ4v) is 2.46. The van der Waals surface area contributed by atoms with Gasteiger partial charge in [-0.1, -0.05) is 29.8 Å². The molecule has 0 saturated carbocycles. The molecule has 0 radical (unpaired) electrons. The summed E-state index contributed by atoms with van der Waals surface area (Å²) in [6.45, 7) is 5.93. The molecule has 0 aliphatic rings. The highest BCUT2D eigenvalue weighted by Crippen LogP contribution is 2.18. The number of nitrogens with two attached hydrogens (primary N) is 1. The average molecular weight is 269 g/mol. The number of likely N-dealkylation sites (N-methyl/N-ethyl adjacent to an activating group) is 1. The van der Waals surface area contributed by atoms with Gasteiger partial charge in [-0.05, 0) is 43.7 Å². The Kier molecular flexibility index (Phi) is 4.88. The molecule has 106 valence electrons. The van der Waals surface area contributed by atoms with Gasteiger partial charge in [0, 0.05) is 31.5 Å². The second kappa shape index (κ2) is 6.64. The van der Waals surface area contributed by atoms with Crippen molar-refractivity contribution in [2.24, 2.45) is 5.73 Å². The Labute approximate surface area is 121 Å². The molecule has 3 nitrogen and oxygen atoms in total. The number of rotatable bonds is 5. The van der Waals surface area contributed by atoms with Crippen molar-refractivity contribution in [1.82, 2.24) is 9.88 Å². The number of hydrogen-bond acceptors (Lipinski definition) is 3. The van der Waals surface area contributed by atoms with Gasteiger partial charge in [0.05, 0.1) is 0 Å². The van der Waals surface area contributed by atoms with Gasteiger partial charge in [-0.15, -0.1) is 0 Å². The van der Waals surface area contributed by atoms with Gasteiger partial charge in [-0.3, -0.25) is 4.98 Å². The molecular formula is C17H23N3. The van der Waals surface area contributed by atoms with Crippen molar-refractivity contribution < 1.29 is 0 Å². The fraction of sp³-hybridized carbons (Fsp3) is 0.353. The summed E-state index contributed by atoms with van der Waals surface area (Å²) in [5.41, 5.74) is 11.3. The first-order valence-electron chi connectivity index (χ1n) is 6.96. The molecule has 0 aliphatic carbocycles. The first-order valence-corrected chi connectivity index (χ1v) is 6.96. The zero-order chi connectivity index (χ0) is 14.5. The summed E-state index contributed by atoms with van der Waals surface area (Å²) >= 11 is 0. The van der Waals surface area contributed by atoms with Crippen molar-refractivity contribution in [1.29, 1.82) is 0 Å². The Balaban J connectivity index is 2.00. The Bertz CT molecular complexity index is 551. The third-order valence-electron chi connectivity index (χ3n) is 3.52. The van der Waals surface area contributed by atoms with Gasteiger partial charge in [-0.25, -0.2) is 0 Å². The predicted molar refractivity (Wildman–Crippen MR) is 83.4 cm³/mol. The van der Waals surface area contributed by atoms with Gasteiger partial charge in [0.15, 0.2) is 0 Å². The van der Waals surface area contributed by atoms with Gasteiger partial charge >= 0.3 is 0 Å². The van der Waals surface area contributed by atoms with E-state index in [9.17, 15) is 0 Å². The predicted octanol–water partition coefficient (Wildman–Crippen LogP) is 2.83. The Morgan fingerprint density at radius 2 is 2.05 bits per heavy atom. The standard InChI is InChI=1S/C17H23N3/c1-13-6-7-14(2)16(9-13)17(18)12-20(3)11-15-5-4-8-19-10-15/h4-10,17H,11-12,18H2,1-3H3. The van der Waals surface area contributed by atoms with E-state index in [1.165, 1.54) is 22.3 Å². The van der Waals surface area contributed by atoms with Crippen LogP contribution < -0.4 is 5.73 Å². The zero-order valence-corrected chi connectivity index (χ0v) is 12.5. The SMILES string of the molecule is Cc1ccc(C)c(C(N)CN(C)Cc2cccnc2)c1. The lowest BCUT2D eigenvalue weighted by Gasteiger charge is -2.23. The van der Waals surface area contributed by atoms with Crippen LogP contribution in [0.3, 0.4) is 0 Å². The number of benzene rings is 1. The van der Waals surface area contributed by atoms with E-state index in [1.54, 1.807) is 6.20 Å². The Morgan fingerprint density at radius 3 is 2.75 bits per heavy atom. The second-order valence-electron chi connectivity index (χ2n) is 5.52. The lowest BCUT2D eigenvalue weighted by atomic mass is 9.99. The molecule has 2 N–H and O–H groups in total. The van der Waals surface area contributed by atoms with E-state index >= 15 is 0 Å². The van der Waals surface area contributed by atoms with E-state index in [4.69, 9.17) is 5.73 Å². The van der Waals surface area contributed by atoms with Gasteiger partial charge in [0.2, 0.25) is 0 Å². The number of aryl methyl sites for hydroxylation is 2. The lowest BCUT2D eigenvalue weighted by molar-refractivity contribution is 0.304. The normalized spacial score (nSPS) is 12.7. The van der Waals surface area contributed by atoms with E-state index in [-0.39, 0.29) is 6.04 Å². The second-order valence-corrected chi connectivity index (χ2v) is 5.52. The smallest absolute Gasteiger partial charge is 0.0427 e. The third kappa shape index (κ3) is 3.89. The molecule has 0 amide bonds. The van der Waals surface area contributed by atoms with Crippen LogP contribution in [0, 0.1) is 13.8 Å². The van der Waals surface area contributed by atoms with Crippen LogP contribution in [0.1, 0.15) is 28.3 Å². The third-order valence-corrected chi connectivity index (χ3v) is 3.52. The molecule has 0 aliphatic heterocycles. The topological polar surface area (TPSA) is 42.1 Å². The Hall–Kier alpha value is -1.71. The van der Waals surface area contributed by atoms with Gasteiger partial charge in [-0.2, -0.15) is 0 Å². The molecule has 2 aromatic rings. The highest BCUT2D eigenvalue weighted by molar-refractivity contribution is 5.33. The maximum absolute atomic E-state index is 6.36. The monoisotopic (exact) mass is 269 g/mol. The molecule has 0 spiro atoms. The molecule has 0 saturated heterocycles. The molecule has 3 heteroatoms. The number of pyridine rings is 1. The van der Waals surface area contributed by atoms with Crippen LogP contribution in [-0.2, 0) is 6.54 Å². The quantitative estimate of drug-likeness (QED) is 0.907. The van der Waals surface area contributed by atoms with Crippen LogP contribution in [0.4, 0.5) is 0 Å². The maximum atomic E-state index is 6.36. The number of hydrogen-bond donors (Lipinski definition) is 1. The van der Waals surface area contributed by atoms with Crippen molar-refractivity contribution >= 4 is 0 Å². The Morgan fingerprint density at radius 1 is 1.25 bits per heavy atom. The van der Waals surface area contributed by atoms with Crippen molar-refractivity contribution in [2.75, 3.05) is 13.6 Å². The van der Waals surface area contributed by atoms with Crippen LogP contribution in [0.5, 0.6) is 0 Å². The van der Waals surface area contributed by atoms with Gasteiger partial charge < -0.3 is 10.6 Å². The van der Waals surface area contributed by atoms with E-state index in [0.717, 1.165) is 13.1 Å². The summed E-state index contributed by atoms with van der Waals surface area (Å²) < 4.78 is 0. The minimum absolute atomic E-state index is 0.0385. The van der Waals surface area contributed by atoms with E-state index in [0.29, 0.717) is 0 Å². The number of nitrogens with zero attached hydrogens (tertiary/aromatic N) is 2. The van der Waals surface area contributed by atoms with Gasteiger partial charge in [0.1, 0.15) is 0 Å². The van der Waals surface area contributed by atoms with E-state index < -0.39 is 0 Å². The first-order chi connectivity index (χ1) is 9.56. The van der Waals surface area contributed by atoms with Crippen molar-refractivity contribution in [3.63, 3.8) is 0 Å². The molecule has 1 aromatic heterocycles. The molecule has 20 heavy (non-hydrogen) atoms. The molecule has 1 unspecified atom stereocenters. The largest absolute Gasteiger partial charge is 0.323 e. The highest BCUT2D eigenvalue weighted by Gasteiger charge is 2.12. The number of aromatic nitrogens is 1. The van der Waals surface area contributed by atoms with Crippen molar-refractivity contribution in [3.8, 4) is 0 Å². The maximum Gasteiger partial charge on any atom is 0.0427 e.